The molecular formula is C25H24Br2N2O4. The zero-order chi connectivity index (χ0) is 23.8. The molecule has 0 bridgehead atoms. The molecule has 0 aliphatic carbocycles. The van der Waals surface area contributed by atoms with Crippen LogP contribution >= 0.6 is 31.9 Å². The third-order valence-corrected chi connectivity index (χ3v) is 6.01. The molecule has 8 heteroatoms. The summed E-state index contributed by atoms with van der Waals surface area (Å²) in [6.45, 7) is 4.83. The van der Waals surface area contributed by atoms with Crippen LogP contribution < -0.4 is 9.47 Å². The van der Waals surface area contributed by atoms with Gasteiger partial charge in [-0.05, 0) is 71.7 Å². The second kappa shape index (κ2) is 11.9. The van der Waals surface area contributed by atoms with E-state index in [-0.39, 0.29) is 5.91 Å². The van der Waals surface area contributed by atoms with Crippen LogP contribution in [0.3, 0.4) is 0 Å². The Kier molecular flexibility index (Phi) is 8.98. The van der Waals surface area contributed by atoms with Crippen LogP contribution in [-0.2, 0) is 11.3 Å². The van der Waals surface area contributed by atoms with E-state index < -0.39 is 6.10 Å². The molecule has 0 radical (unpaired) electrons. The molecular weight excluding hydrogens is 552 g/mol. The summed E-state index contributed by atoms with van der Waals surface area (Å²) in [5.74, 6) is 1.99. The maximum absolute atomic E-state index is 13.2. The first-order valence-electron chi connectivity index (χ1n) is 10.6. The molecule has 1 atom stereocenters. The van der Waals surface area contributed by atoms with E-state index in [1.807, 2.05) is 12.1 Å². The zero-order valence-electron chi connectivity index (χ0n) is 18.4. The molecule has 0 aliphatic rings. The predicted molar refractivity (Wildman–Crippen MR) is 132 cm³/mol. The Bertz CT molecular complexity index is 1130. The van der Waals surface area contributed by atoms with Gasteiger partial charge in [-0.2, -0.15) is 5.26 Å². The number of halogens is 2. The number of nitriles is 1. The van der Waals surface area contributed by atoms with Crippen molar-refractivity contribution in [2.24, 2.45) is 0 Å². The van der Waals surface area contributed by atoms with Crippen molar-refractivity contribution >= 4 is 37.8 Å². The summed E-state index contributed by atoms with van der Waals surface area (Å²) in [5, 5.41) is 9.37. The number of unbranched alkanes of at least 4 members (excludes halogenated alkanes) is 1. The van der Waals surface area contributed by atoms with Crippen molar-refractivity contribution in [3.63, 3.8) is 0 Å². The van der Waals surface area contributed by atoms with Crippen molar-refractivity contribution in [1.82, 2.24) is 4.90 Å². The number of carbonyl (C=O) groups is 1. The molecule has 0 saturated heterocycles. The minimum Gasteiger partial charge on any atom is -0.480 e. The number of amides is 1. The maximum Gasteiger partial charge on any atom is 0.263 e. The van der Waals surface area contributed by atoms with Crippen LogP contribution in [0.2, 0.25) is 0 Å². The SMILES string of the molecule is CCCCN(Cc1ccco1)C(=O)C(C)Oc1cc(Oc2ccc(Br)cc2C#N)ccc1Br. The number of furan rings is 1. The van der Waals surface area contributed by atoms with Gasteiger partial charge in [0.1, 0.15) is 29.1 Å². The number of ether oxygens (including phenoxy) is 2. The van der Waals surface area contributed by atoms with Crippen molar-refractivity contribution in [1.29, 1.82) is 5.26 Å². The van der Waals surface area contributed by atoms with Gasteiger partial charge in [0.25, 0.3) is 5.91 Å². The van der Waals surface area contributed by atoms with Crippen LogP contribution in [0, 0.1) is 11.3 Å². The van der Waals surface area contributed by atoms with Crippen LogP contribution in [-0.4, -0.2) is 23.5 Å². The quantitative estimate of drug-likeness (QED) is 0.258. The van der Waals surface area contributed by atoms with Crippen molar-refractivity contribution in [3.8, 4) is 23.3 Å². The van der Waals surface area contributed by atoms with E-state index in [0.29, 0.717) is 40.4 Å². The lowest BCUT2D eigenvalue weighted by Gasteiger charge is -2.25. The molecule has 0 spiro atoms. The molecule has 1 amide bonds. The lowest BCUT2D eigenvalue weighted by Crippen LogP contribution is -2.40. The molecule has 1 aromatic heterocycles. The van der Waals surface area contributed by atoms with Gasteiger partial charge in [-0.25, -0.2) is 0 Å². The highest BCUT2D eigenvalue weighted by Crippen LogP contribution is 2.34. The van der Waals surface area contributed by atoms with E-state index in [1.165, 1.54) is 0 Å². The highest BCUT2D eigenvalue weighted by Gasteiger charge is 2.24. The number of carbonyl (C=O) groups excluding carboxylic acids is 1. The second-order valence-corrected chi connectivity index (χ2v) is 9.17. The molecule has 1 heterocycles. The Balaban J connectivity index is 1.74. The molecule has 3 aromatic rings. The van der Waals surface area contributed by atoms with Crippen LogP contribution in [0.4, 0.5) is 0 Å². The van der Waals surface area contributed by atoms with Crippen molar-refractivity contribution in [3.05, 3.63) is 75.1 Å². The molecule has 3 rings (SSSR count). The maximum atomic E-state index is 13.2. The monoisotopic (exact) mass is 574 g/mol. The number of benzene rings is 2. The number of hydrogen-bond donors (Lipinski definition) is 0. The van der Waals surface area contributed by atoms with Gasteiger partial charge in [-0.15, -0.1) is 0 Å². The van der Waals surface area contributed by atoms with Gasteiger partial charge in [0.05, 0.1) is 22.8 Å². The second-order valence-electron chi connectivity index (χ2n) is 7.40. The minimum atomic E-state index is -0.717. The zero-order valence-corrected chi connectivity index (χ0v) is 21.6. The normalized spacial score (nSPS) is 11.5. The largest absolute Gasteiger partial charge is 0.480 e. The molecule has 0 saturated carbocycles. The molecule has 1 unspecified atom stereocenters. The topological polar surface area (TPSA) is 75.7 Å². The van der Waals surface area contributed by atoms with E-state index in [2.05, 4.69) is 44.9 Å². The fraction of sp³-hybridized carbons (Fsp3) is 0.280. The lowest BCUT2D eigenvalue weighted by atomic mass is 10.2. The van der Waals surface area contributed by atoms with Gasteiger partial charge >= 0.3 is 0 Å². The number of nitrogens with zero attached hydrogens (tertiary/aromatic N) is 2. The third-order valence-electron chi connectivity index (χ3n) is 4.86. The summed E-state index contributed by atoms with van der Waals surface area (Å²) in [5.41, 5.74) is 0.405. The summed E-state index contributed by atoms with van der Waals surface area (Å²) in [6, 6.07) is 16.2. The summed E-state index contributed by atoms with van der Waals surface area (Å²) < 4.78 is 18.8. The molecule has 0 fully saturated rings. The molecule has 33 heavy (non-hydrogen) atoms. The summed E-state index contributed by atoms with van der Waals surface area (Å²) in [7, 11) is 0. The van der Waals surface area contributed by atoms with Crippen LogP contribution in [0.1, 0.15) is 38.0 Å². The number of rotatable bonds is 10. The first-order valence-corrected chi connectivity index (χ1v) is 12.1. The lowest BCUT2D eigenvalue weighted by molar-refractivity contribution is -0.139. The van der Waals surface area contributed by atoms with Gasteiger partial charge < -0.3 is 18.8 Å². The Morgan fingerprint density at radius 1 is 1.18 bits per heavy atom. The van der Waals surface area contributed by atoms with Crippen molar-refractivity contribution in [2.75, 3.05) is 6.54 Å². The van der Waals surface area contributed by atoms with E-state index in [1.54, 1.807) is 54.5 Å². The average molecular weight is 576 g/mol. The highest BCUT2D eigenvalue weighted by atomic mass is 79.9. The van der Waals surface area contributed by atoms with E-state index in [4.69, 9.17) is 13.9 Å². The van der Waals surface area contributed by atoms with Gasteiger partial charge in [0, 0.05) is 17.1 Å². The fourth-order valence-corrected chi connectivity index (χ4v) is 3.85. The van der Waals surface area contributed by atoms with Crippen LogP contribution in [0.15, 0.2) is 68.2 Å². The molecule has 0 aliphatic heterocycles. The summed E-state index contributed by atoms with van der Waals surface area (Å²) in [4.78, 5) is 14.9. The molecule has 2 aromatic carbocycles. The van der Waals surface area contributed by atoms with Gasteiger partial charge in [-0.1, -0.05) is 29.3 Å². The Morgan fingerprint density at radius 2 is 2.00 bits per heavy atom. The first-order chi connectivity index (χ1) is 15.9. The van der Waals surface area contributed by atoms with Gasteiger partial charge in [-0.3, -0.25) is 4.79 Å². The number of hydrogen-bond acceptors (Lipinski definition) is 5. The standard InChI is InChI=1S/C25H24Br2N2O4/c1-3-4-11-29(16-21-6-5-12-31-21)25(30)17(2)32-24-14-20(8-9-22(24)27)33-23-10-7-19(26)13-18(23)15-28/h5-10,12-14,17H,3-4,11,16H2,1-2H3. The van der Waals surface area contributed by atoms with Gasteiger partial charge in [0.2, 0.25) is 0 Å². The van der Waals surface area contributed by atoms with Crippen LogP contribution in [0.5, 0.6) is 17.2 Å². The molecule has 172 valence electrons. The molecule has 6 nitrogen and oxygen atoms in total. The third kappa shape index (κ3) is 6.86. The smallest absolute Gasteiger partial charge is 0.263 e. The Hall–Kier alpha value is -2.76. The van der Waals surface area contributed by atoms with Crippen molar-refractivity contribution < 1.29 is 18.7 Å². The van der Waals surface area contributed by atoms with E-state index in [9.17, 15) is 10.1 Å². The minimum absolute atomic E-state index is 0.127. The van der Waals surface area contributed by atoms with E-state index >= 15 is 0 Å². The Morgan fingerprint density at radius 3 is 2.70 bits per heavy atom. The first kappa shape index (κ1) is 24.9. The Labute approximate surface area is 210 Å². The fourth-order valence-electron chi connectivity index (χ4n) is 3.15. The van der Waals surface area contributed by atoms with Crippen LogP contribution in [0.25, 0.3) is 0 Å². The highest BCUT2D eigenvalue weighted by molar-refractivity contribution is 9.10. The van der Waals surface area contributed by atoms with Crippen molar-refractivity contribution in [2.45, 2.75) is 39.3 Å². The summed E-state index contributed by atoms with van der Waals surface area (Å²) >= 11 is 6.84. The average Bonchev–Trinajstić information content (AvgIpc) is 3.32. The van der Waals surface area contributed by atoms with Gasteiger partial charge in [0.15, 0.2) is 6.10 Å². The summed E-state index contributed by atoms with van der Waals surface area (Å²) in [6.07, 6.45) is 2.75. The predicted octanol–water partition coefficient (Wildman–Crippen LogP) is 7.06. The van der Waals surface area contributed by atoms with E-state index in [0.717, 1.165) is 23.1 Å². The molecule has 0 N–H and O–H groups in total.